The molecule has 0 aliphatic rings. The molecule has 0 spiro atoms. The van der Waals surface area contributed by atoms with E-state index in [0.717, 1.165) is 22.0 Å². The topological polar surface area (TPSA) is 70.9 Å². The van der Waals surface area contributed by atoms with Gasteiger partial charge in [-0.3, -0.25) is 0 Å². The number of rotatable bonds is 17. The van der Waals surface area contributed by atoms with E-state index in [0.29, 0.717) is 11.7 Å². The minimum Gasteiger partial charge on any atom is -0.507 e. The molecule has 1 heterocycles. The number of hydrogen-bond acceptors (Lipinski definition) is 5. The van der Waals surface area contributed by atoms with Crippen LogP contribution < -0.4 is 5.32 Å². The quantitative estimate of drug-likeness (QED) is 0.102. The summed E-state index contributed by atoms with van der Waals surface area (Å²) in [6, 6.07) is 4.09. The zero-order chi connectivity index (χ0) is 28.9. The molecule has 39 heavy (non-hydrogen) atoms. The molecule has 2 aromatic rings. The number of nitrogens with one attached hydrogen (secondary N) is 1. The molecule has 1 aromatic heterocycles. The fourth-order valence-corrected chi connectivity index (χ4v) is 7.24. The molecule has 0 saturated carbocycles. The molecule has 0 unspecified atom stereocenters. The number of thiol groups is 1. The molecule has 0 amide bonds. The lowest BCUT2D eigenvalue weighted by Gasteiger charge is -2.28. The summed E-state index contributed by atoms with van der Waals surface area (Å²) in [5, 5.41) is 15.6. The molecule has 0 saturated heterocycles. The van der Waals surface area contributed by atoms with Crippen molar-refractivity contribution < 1.29 is 5.11 Å². The van der Waals surface area contributed by atoms with E-state index < -0.39 is 10.9 Å². The van der Waals surface area contributed by atoms with Crippen LogP contribution in [0.5, 0.6) is 5.75 Å². The Morgan fingerprint density at radius 3 is 1.62 bits per heavy atom. The number of aromatic hydroxyl groups is 1. The van der Waals surface area contributed by atoms with Crippen molar-refractivity contribution in [3.05, 3.63) is 29.6 Å². The molecule has 2 rings (SSSR count). The van der Waals surface area contributed by atoms with Crippen molar-refractivity contribution in [1.82, 2.24) is 15.0 Å². The van der Waals surface area contributed by atoms with Gasteiger partial charge in [0, 0.05) is 16.8 Å². The Kier molecular flexibility index (Phi) is 14.1. The Morgan fingerprint density at radius 1 is 0.692 bits per heavy atom. The van der Waals surface area contributed by atoms with Crippen molar-refractivity contribution in [2.45, 2.75) is 148 Å². The van der Waals surface area contributed by atoms with Crippen LogP contribution in [0.15, 0.2) is 23.6 Å². The number of phenolic OH excluding ortho intramolecular Hbond substituents is 1. The molecule has 0 aliphatic carbocycles. The second-order valence-corrected chi connectivity index (χ2v) is 15.6. The van der Waals surface area contributed by atoms with Gasteiger partial charge in [-0.05, 0) is 47.3 Å². The van der Waals surface area contributed by atoms with Crippen molar-refractivity contribution in [2.75, 3.05) is 16.8 Å². The number of nitrogens with zero attached hydrogens (tertiary/aromatic N) is 3. The van der Waals surface area contributed by atoms with Gasteiger partial charge in [-0.15, -0.1) is 0 Å². The smallest absolute Gasteiger partial charge is 0.231 e. The maximum absolute atomic E-state index is 11.1. The summed E-state index contributed by atoms with van der Waals surface area (Å²) < 4.78 is 0. The summed E-state index contributed by atoms with van der Waals surface area (Å²) in [6.45, 7) is 17.4. The molecule has 0 atom stereocenters. The van der Waals surface area contributed by atoms with Gasteiger partial charge in [0.1, 0.15) is 12.1 Å². The van der Waals surface area contributed by atoms with Crippen molar-refractivity contribution in [3.8, 4) is 5.75 Å². The van der Waals surface area contributed by atoms with Crippen molar-refractivity contribution >= 4 is 22.5 Å². The average Bonchev–Trinajstić information content (AvgIpc) is 2.86. The molecule has 0 aliphatic heterocycles. The van der Waals surface area contributed by atoms with Crippen LogP contribution >= 0.6 is 10.9 Å². The van der Waals surface area contributed by atoms with Gasteiger partial charge in [-0.1, -0.05) is 120 Å². The Bertz CT molecular complexity index is 929. The molecular formula is C33H58N4OS. The van der Waals surface area contributed by atoms with E-state index in [9.17, 15) is 5.11 Å². The molecule has 0 radical (unpaired) electrons. The van der Waals surface area contributed by atoms with E-state index >= 15 is 0 Å². The van der Waals surface area contributed by atoms with Gasteiger partial charge in [-0.2, -0.15) is 15.9 Å². The average molecular weight is 559 g/mol. The Morgan fingerprint density at radius 2 is 1.15 bits per heavy atom. The number of unbranched alkanes of at least 4 members (excludes halogenated alkanes) is 10. The minimum atomic E-state index is -0.392. The van der Waals surface area contributed by atoms with Crippen LogP contribution in [0.25, 0.3) is 0 Å². The molecule has 1 aromatic carbocycles. The van der Waals surface area contributed by atoms with Crippen LogP contribution in [-0.2, 0) is 10.8 Å². The van der Waals surface area contributed by atoms with Gasteiger partial charge in [0.2, 0.25) is 5.95 Å². The van der Waals surface area contributed by atoms with E-state index in [1.54, 1.807) is 6.33 Å². The highest BCUT2D eigenvalue weighted by Crippen LogP contribution is 2.42. The highest BCUT2D eigenvalue weighted by Gasteiger charge is 2.27. The Hall–Kier alpha value is -1.82. The summed E-state index contributed by atoms with van der Waals surface area (Å²) in [5.41, 5.74) is 2.40. The lowest BCUT2D eigenvalue weighted by atomic mass is 9.79. The van der Waals surface area contributed by atoms with Crippen LogP contribution in [0, 0.1) is 0 Å². The van der Waals surface area contributed by atoms with Crippen LogP contribution in [-0.4, -0.2) is 31.6 Å². The second kappa shape index (κ2) is 16.4. The normalized spacial score (nSPS) is 12.6. The predicted molar refractivity (Wildman–Crippen MR) is 172 cm³/mol. The molecule has 222 valence electrons. The maximum Gasteiger partial charge on any atom is 0.231 e. The predicted octanol–water partition coefficient (Wildman–Crippen LogP) is 10.00. The first-order valence-corrected chi connectivity index (χ1v) is 17.3. The van der Waals surface area contributed by atoms with Gasteiger partial charge in [0.15, 0.2) is 5.16 Å². The van der Waals surface area contributed by atoms with E-state index in [-0.39, 0.29) is 10.8 Å². The SMILES string of the molecule is CCCCCCCC[SH](CCCCCCCC)c1ncnc(Nc2cc(C(C)(C)C)c(O)c(C(C)(C)C)c2)n1. The molecule has 0 fully saturated rings. The summed E-state index contributed by atoms with van der Waals surface area (Å²) in [5.74, 6) is 3.41. The van der Waals surface area contributed by atoms with Crippen molar-refractivity contribution in [3.63, 3.8) is 0 Å². The zero-order valence-corrected chi connectivity index (χ0v) is 27.3. The molecule has 0 bridgehead atoms. The largest absolute Gasteiger partial charge is 0.507 e. The second-order valence-electron chi connectivity index (χ2n) is 13.2. The maximum atomic E-state index is 11.1. The van der Waals surface area contributed by atoms with E-state index in [1.165, 1.54) is 88.6 Å². The number of hydrogen-bond donors (Lipinski definition) is 3. The van der Waals surface area contributed by atoms with Crippen LogP contribution in [0.2, 0.25) is 0 Å². The number of phenols is 1. The van der Waals surface area contributed by atoms with E-state index in [2.05, 4.69) is 65.7 Å². The lowest BCUT2D eigenvalue weighted by molar-refractivity contribution is 0.423. The number of benzene rings is 1. The van der Waals surface area contributed by atoms with E-state index in [1.807, 2.05) is 12.1 Å². The van der Waals surface area contributed by atoms with Gasteiger partial charge in [0.05, 0.1) is 0 Å². The molecular weight excluding hydrogens is 500 g/mol. The summed E-state index contributed by atoms with van der Waals surface area (Å²) in [6.07, 6.45) is 17.5. The van der Waals surface area contributed by atoms with Gasteiger partial charge in [-0.25, -0.2) is 9.97 Å². The molecule has 2 N–H and O–H groups in total. The first-order valence-electron chi connectivity index (χ1n) is 15.6. The lowest BCUT2D eigenvalue weighted by Crippen LogP contribution is -2.17. The van der Waals surface area contributed by atoms with Gasteiger partial charge < -0.3 is 10.4 Å². The Labute approximate surface area is 242 Å². The first kappa shape index (κ1) is 33.4. The van der Waals surface area contributed by atoms with Crippen LogP contribution in [0.3, 0.4) is 0 Å². The van der Waals surface area contributed by atoms with Crippen LogP contribution in [0.4, 0.5) is 11.6 Å². The monoisotopic (exact) mass is 558 g/mol. The van der Waals surface area contributed by atoms with Gasteiger partial charge >= 0.3 is 0 Å². The fourth-order valence-electron chi connectivity index (χ4n) is 4.96. The third kappa shape index (κ3) is 11.7. The third-order valence-electron chi connectivity index (χ3n) is 7.39. The highest BCUT2D eigenvalue weighted by atomic mass is 32.2. The Balaban J connectivity index is 2.22. The fraction of sp³-hybridized carbons (Fsp3) is 0.727. The minimum absolute atomic E-state index is 0.186. The summed E-state index contributed by atoms with van der Waals surface area (Å²) in [7, 11) is -0.392. The zero-order valence-electron chi connectivity index (χ0n) is 26.4. The van der Waals surface area contributed by atoms with Crippen molar-refractivity contribution in [1.29, 1.82) is 0 Å². The van der Waals surface area contributed by atoms with E-state index in [4.69, 9.17) is 9.97 Å². The number of aromatic nitrogens is 3. The first-order chi connectivity index (χ1) is 18.5. The number of anilines is 2. The van der Waals surface area contributed by atoms with Crippen molar-refractivity contribution in [2.24, 2.45) is 0 Å². The third-order valence-corrected chi connectivity index (χ3v) is 9.88. The highest BCUT2D eigenvalue weighted by molar-refractivity contribution is 8.16. The van der Waals surface area contributed by atoms with Crippen LogP contribution in [0.1, 0.15) is 144 Å². The van der Waals surface area contributed by atoms with Gasteiger partial charge in [0.25, 0.3) is 0 Å². The molecule has 6 heteroatoms. The summed E-state index contributed by atoms with van der Waals surface area (Å²) >= 11 is 0. The summed E-state index contributed by atoms with van der Waals surface area (Å²) in [4.78, 5) is 14.2. The standard InChI is InChI=1S/C33H58N4OS/c1-9-11-13-15-17-19-21-39(22-20-18-16-14-12-10-2)31-35-25-34-30(37-31)36-26-23-27(32(3,4)5)29(38)28(24-26)33(6,7)8/h23-25,38-39H,9-22H2,1-8H3,(H,34,35,36,37). The molecule has 5 nitrogen and oxygen atoms in total.